The van der Waals surface area contributed by atoms with Gasteiger partial charge in [-0.1, -0.05) is 30.0 Å². The van der Waals surface area contributed by atoms with Gasteiger partial charge in [-0.3, -0.25) is 4.79 Å². The molecular weight excluding hydrogens is 381 g/mol. The third kappa shape index (κ3) is 4.76. The second-order valence-electron chi connectivity index (χ2n) is 5.91. The van der Waals surface area contributed by atoms with Gasteiger partial charge in [0, 0.05) is 5.75 Å². The van der Waals surface area contributed by atoms with E-state index in [1.54, 1.807) is 6.07 Å². The molecule has 0 bridgehead atoms. The van der Waals surface area contributed by atoms with E-state index < -0.39 is 17.3 Å². The molecule has 0 fully saturated rings. The van der Waals surface area contributed by atoms with Crippen LogP contribution in [0.3, 0.4) is 0 Å². The Labute approximate surface area is 156 Å². The van der Waals surface area contributed by atoms with E-state index in [9.17, 15) is 18.0 Å². The highest BCUT2D eigenvalue weighted by Crippen LogP contribution is 2.31. The number of halogens is 3. The van der Waals surface area contributed by atoms with Crippen LogP contribution in [0.1, 0.15) is 25.0 Å². The van der Waals surface area contributed by atoms with Crippen molar-refractivity contribution in [3.63, 3.8) is 0 Å². The molecular formula is C17H15F3N4O2S. The van der Waals surface area contributed by atoms with Gasteiger partial charge >= 0.3 is 6.18 Å². The summed E-state index contributed by atoms with van der Waals surface area (Å²) in [7, 11) is 0. The van der Waals surface area contributed by atoms with Gasteiger partial charge in [0.1, 0.15) is 0 Å². The molecule has 2 aromatic heterocycles. The van der Waals surface area contributed by atoms with Gasteiger partial charge in [0.2, 0.25) is 5.88 Å². The quantitative estimate of drug-likeness (QED) is 0.522. The Bertz CT molecular complexity index is 1020. The number of alkyl halides is 3. The zero-order chi connectivity index (χ0) is 19.6. The molecule has 6 nitrogen and oxygen atoms in total. The molecule has 0 aliphatic rings. The Hall–Kier alpha value is -2.62. The van der Waals surface area contributed by atoms with Crippen molar-refractivity contribution in [3.8, 4) is 5.88 Å². The Balaban J connectivity index is 1.90. The van der Waals surface area contributed by atoms with Crippen molar-refractivity contribution >= 4 is 22.9 Å². The highest BCUT2D eigenvalue weighted by Gasteiger charge is 2.30. The first-order valence-electron chi connectivity index (χ1n) is 7.95. The molecule has 0 saturated carbocycles. The van der Waals surface area contributed by atoms with Crippen molar-refractivity contribution in [2.75, 3.05) is 0 Å². The van der Waals surface area contributed by atoms with Crippen LogP contribution in [0.2, 0.25) is 0 Å². The number of aromatic nitrogens is 4. The number of ether oxygens (including phenoxy) is 1. The average Bonchev–Trinajstić information content (AvgIpc) is 2.58. The summed E-state index contributed by atoms with van der Waals surface area (Å²) in [6.07, 6.45) is -3.48. The van der Waals surface area contributed by atoms with Crippen LogP contribution in [0.15, 0.2) is 40.4 Å². The van der Waals surface area contributed by atoms with Crippen LogP contribution in [-0.2, 0) is 11.9 Å². The van der Waals surface area contributed by atoms with E-state index in [-0.39, 0.29) is 28.5 Å². The Kier molecular flexibility index (Phi) is 5.36. The summed E-state index contributed by atoms with van der Waals surface area (Å²) in [5.74, 6) is 0.430. The fourth-order valence-electron chi connectivity index (χ4n) is 2.25. The van der Waals surface area contributed by atoms with E-state index in [0.717, 1.165) is 30.1 Å². The maximum Gasteiger partial charge on any atom is 0.416 e. The van der Waals surface area contributed by atoms with E-state index in [2.05, 4.69) is 19.9 Å². The zero-order valence-electron chi connectivity index (χ0n) is 14.4. The van der Waals surface area contributed by atoms with Crippen LogP contribution in [-0.4, -0.2) is 26.0 Å². The summed E-state index contributed by atoms with van der Waals surface area (Å²) in [6, 6.07) is 5.06. The third-order valence-corrected chi connectivity index (χ3v) is 4.27. The predicted molar refractivity (Wildman–Crippen MR) is 94.7 cm³/mol. The molecule has 142 valence electrons. The van der Waals surface area contributed by atoms with Crippen LogP contribution >= 0.6 is 11.8 Å². The summed E-state index contributed by atoms with van der Waals surface area (Å²) in [5.41, 5.74) is -0.140. The fraction of sp³-hybridized carbons (Fsp3) is 0.294. The van der Waals surface area contributed by atoms with Gasteiger partial charge in [-0.2, -0.15) is 18.2 Å². The zero-order valence-corrected chi connectivity index (χ0v) is 15.2. The number of H-pyrrole nitrogens is 1. The van der Waals surface area contributed by atoms with Gasteiger partial charge in [-0.15, -0.1) is 0 Å². The minimum Gasteiger partial charge on any atom is -0.473 e. The molecule has 0 unspecified atom stereocenters. The molecule has 10 heteroatoms. The number of benzene rings is 1. The van der Waals surface area contributed by atoms with Gasteiger partial charge < -0.3 is 9.72 Å². The number of hydrogen-bond donors (Lipinski definition) is 1. The first kappa shape index (κ1) is 19.2. The lowest BCUT2D eigenvalue weighted by atomic mass is 10.1. The largest absolute Gasteiger partial charge is 0.473 e. The molecule has 3 rings (SSSR count). The number of fused-ring (bicyclic) bond motifs is 1. The first-order valence-corrected chi connectivity index (χ1v) is 8.93. The maximum absolute atomic E-state index is 12.8. The van der Waals surface area contributed by atoms with Gasteiger partial charge in [0.25, 0.3) is 5.56 Å². The van der Waals surface area contributed by atoms with Crippen molar-refractivity contribution in [1.29, 1.82) is 0 Å². The molecule has 27 heavy (non-hydrogen) atoms. The van der Waals surface area contributed by atoms with Gasteiger partial charge in [0.15, 0.2) is 16.3 Å². The highest BCUT2D eigenvalue weighted by atomic mass is 32.2. The number of rotatable bonds is 5. The second kappa shape index (κ2) is 7.55. The maximum atomic E-state index is 12.8. The van der Waals surface area contributed by atoms with E-state index in [1.165, 1.54) is 6.07 Å². The molecule has 0 spiro atoms. The van der Waals surface area contributed by atoms with Crippen LogP contribution < -0.4 is 10.3 Å². The van der Waals surface area contributed by atoms with Crippen LogP contribution in [0, 0.1) is 0 Å². The second-order valence-corrected chi connectivity index (χ2v) is 6.85. The molecule has 1 aromatic carbocycles. The van der Waals surface area contributed by atoms with E-state index in [0.29, 0.717) is 11.1 Å². The topological polar surface area (TPSA) is 80.8 Å². The van der Waals surface area contributed by atoms with Crippen molar-refractivity contribution in [3.05, 3.63) is 51.9 Å². The van der Waals surface area contributed by atoms with Gasteiger partial charge in [0.05, 0.1) is 17.9 Å². The number of thioether (sulfide) groups is 1. The monoisotopic (exact) mass is 396 g/mol. The van der Waals surface area contributed by atoms with Crippen LogP contribution in [0.4, 0.5) is 13.2 Å². The van der Waals surface area contributed by atoms with Gasteiger partial charge in [-0.25, -0.2) is 9.97 Å². The summed E-state index contributed by atoms with van der Waals surface area (Å²) < 4.78 is 44.1. The lowest BCUT2D eigenvalue weighted by molar-refractivity contribution is -0.137. The smallest absolute Gasteiger partial charge is 0.416 e. The van der Waals surface area contributed by atoms with Crippen molar-refractivity contribution in [2.24, 2.45) is 0 Å². The number of nitrogens with zero attached hydrogens (tertiary/aromatic N) is 3. The number of aromatic amines is 1. The molecule has 3 aromatic rings. The Morgan fingerprint density at radius 2 is 2.04 bits per heavy atom. The standard InChI is InChI=1S/C17H15F3N4O2S/c1-9(2)26-15-13-14(22-12(25)7-21-13)23-16(24-15)27-8-10-4-3-5-11(6-10)17(18,19)20/h3-7,9H,8H2,1-2H3,(H,22,23,24,25). The highest BCUT2D eigenvalue weighted by molar-refractivity contribution is 7.98. The molecule has 2 heterocycles. The Morgan fingerprint density at radius 3 is 2.74 bits per heavy atom. The number of nitrogens with one attached hydrogen (secondary N) is 1. The van der Waals surface area contributed by atoms with Crippen molar-refractivity contribution < 1.29 is 17.9 Å². The average molecular weight is 396 g/mol. The summed E-state index contributed by atoms with van der Waals surface area (Å²) >= 11 is 1.14. The molecule has 0 atom stereocenters. The van der Waals surface area contributed by atoms with Crippen molar-refractivity contribution in [1.82, 2.24) is 19.9 Å². The van der Waals surface area contributed by atoms with Crippen LogP contribution in [0.25, 0.3) is 11.2 Å². The summed E-state index contributed by atoms with van der Waals surface area (Å²) in [5, 5.41) is 0.263. The minimum atomic E-state index is -4.40. The molecule has 0 aliphatic carbocycles. The SMILES string of the molecule is CC(C)Oc1nc(SCc2cccc(C(F)(F)F)c2)nc2[nH]c(=O)cnc12. The predicted octanol–water partition coefficient (Wildman–Crippen LogP) is 3.81. The summed E-state index contributed by atoms with van der Waals surface area (Å²) in [6.45, 7) is 3.63. The fourth-order valence-corrected chi connectivity index (χ4v) is 3.02. The van der Waals surface area contributed by atoms with Gasteiger partial charge in [-0.05, 0) is 25.5 Å². The van der Waals surface area contributed by atoms with Crippen molar-refractivity contribution in [2.45, 2.75) is 37.0 Å². The van der Waals surface area contributed by atoms with E-state index in [1.807, 2.05) is 13.8 Å². The van der Waals surface area contributed by atoms with E-state index >= 15 is 0 Å². The molecule has 0 amide bonds. The minimum absolute atomic E-state index is 0.182. The first-order chi connectivity index (χ1) is 12.7. The molecule has 0 aliphatic heterocycles. The lowest BCUT2D eigenvalue weighted by Gasteiger charge is -2.12. The normalized spacial score (nSPS) is 11.9. The number of hydrogen-bond acceptors (Lipinski definition) is 6. The molecule has 1 N–H and O–H groups in total. The van der Waals surface area contributed by atoms with E-state index in [4.69, 9.17) is 4.74 Å². The molecule has 0 radical (unpaired) electrons. The van der Waals surface area contributed by atoms with Crippen LogP contribution in [0.5, 0.6) is 5.88 Å². The summed E-state index contributed by atoms with van der Waals surface area (Å²) in [4.78, 5) is 26.6. The third-order valence-electron chi connectivity index (χ3n) is 3.35. The molecule has 0 saturated heterocycles. The lowest BCUT2D eigenvalue weighted by Crippen LogP contribution is -2.12. The Morgan fingerprint density at radius 1 is 1.26 bits per heavy atom.